The normalized spacial score (nSPS) is 29.0. The maximum Gasteiger partial charge on any atom is 0.483 e. The molecule has 8 N–H and O–H groups in total. The van der Waals surface area contributed by atoms with Crippen molar-refractivity contribution >= 4 is 41.0 Å². The maximum absolute atomic E-state index is 13.6. The van der Waals surface area contributed by atoms with Gasteiger partial charge in [0.1, 0.15) is 60.5 Å². The third-order valence-electron chi connectivity index (χ3n) is 13.0. The zero-order chi connectivity index (χ0) is 52.5. The van der Waals surface area contributed by atoms with E-state index in [1.165, 1.54) is 39.8 Å². The van der Waals surface area contributed by atoms with Crippen molar-refractivity contribution < 1.29 is 86.0 Å². The number of nitrogens with one attached hydrogen (secondary N) is 2. The second-order valence-electron chi connectivity index (χ2n) is 21.0. The van der Waals surface area contributed by atoms with Gasteiger partial charge in [0.25, 0.3) is 0 Å². The predicted octanol–water partition coefficient (Wildman–Crippen LogP) is 4.00. The standard InChI is InChI=1S/C45H81BN2O18P2/c1-25(2)16-19-42(8,9)27(4)18-20-43(10,11)44(12,13)22-26(3)17-21-45(14,15)65-68(58,59)66-67(56,57)64-41-34(48-30(7)52)38(60-28(5)39(46)55)37(32(24-50)62-41)63-40-33(47-29(6)51)36(54)35(53)31(23-49)61-40/h16-18,28,31-38,40-41,49-50,53-54H,19-24,46H2,1-15H3,(H,47,51)(H,48,52)(H,56,57)(H,58,59)/b26-17-,27-18+/t28-,31-,32-,33-,34-,35-,36-,37-,38-,40-,41-/m1/s1. The Morgan fingerprint density at radius 2 is 1.26 bits per heavy atom. The average molecular weight is 1010 g/mol. The molecule has 2 saturated heterocycles. The van der Waals surface area contributed by atoms with Crippen molar-refractivity contribution in [3.05, 3.63) is 34.9 Å². The van der Waals surface area contributed by atoms with Crippen LogP contribution in [0.2, 0.25) is 0 Å². The first kappa shape index (κ1) is 62.0. The molecule has 0 aliphatic carbocycles. The van der Waals surface area contributed by atoms with Crippen molar-refractivity contribution in [1.29, 1.82) is 0 Å². The molecule has 13 atom stereocenters. The van der Waals surface area contributed by atoms with Crippen LogP contribution in [0.5, 0.6) is 0 Å². The lowest BCUT2D eigenvalue weighted by atomic mass is 9.63. The van der Waals surface area contributed by atoms with Gasteiger partial charge in [0, 0.05) is 13.8 Å². The summed E-state index contributed by atoms with van der Waals surface area (Å²) in [5.74, 6) is -1.49. The van der Waals surface area contributed by atoms with Gasteiger partial charge in [-0.1, -0.05) is 76.5 Å². The summed E-state index contributed by atoms with van der Waals surface area (Å²) in [4.78, 5) is 59.1. The number of allylic oxidation sites excluding steroid dienone is 5. The van der Waals surface area contributed by atoms with Gasteiger partial charge in [-0.05, 0) is 90.4 Å². The van der Waals surface area contributed by atoms with E-state index in [-0.39, 0.29) is 22.7 Å². The van der Waals surface area contributed by atoms with Gasteiger partial charge >= 0.3 is 15.6 Å². The van der Waals surface area contributed by atoms with E-state index in [2.05, 4.69) is 85.1 Å². The van der Waals surface area contributed by atoms with Crippen LogP contribution in [-0.2, 0) is 55.8 Å². The molecule has 392 valence electrons. The van der Waals surface area contributed by atoms with Gasteiger partial charge < -0.3 is 64.6 Å². The molecule has 2 unspecified atom stereocenters. The molecule has 23 heteroatoms. The molecule has 0 bridgehead atoms. The number of hydrogen-bond donors (Lipinski definition) is 8. The summed E-state index contributed by atoms with van der Waals surface area (Å²) >= 11 is 0. The predicted molar refractivity (Wildman–Crippen MR) is 255 cm³/mol. The summed E-state index contributed by atoms with van der Waals surface area (Å²) in [5, 5.41) is 46.7. The van der Waals surface area contributed by atoms with Crippen LogP contribution in [-0.4, -0.2) is 142 Å². The summed E-state index contributed by atoms with van der Waals surface area (Å²) in [5.41, 5.74) is 1.30. The van der Waals surface area contributed by atoms with E-state index in [0.29, 0.717) is 6.42 Å². The summed E-state index contributed by atoms with van der Waals surface area (Å²) < 4.78 is 66.1. The highest BCUT2D eigenvalue weighted by Crippen LogP contribution is 2.63. The number of hydrogen-bond acceptors (Lipinski definition) is 16. The molecule has 2 aliphatic heterocycles. The van der Waals surface area contributed by atoms with Crippen LogP contribution in [0.15, 0.2) is 34.9 Å². The summed E-state index contributed by atoms with van der Waals surface area (Å²) in [6, 6.07) is -3.23. The fourth-order valence-corrected chi connectivity index (χ4v) is 10.1. The van der Waals surface area contributed by atoms with Crippen molar-refractivity contribution in [3.8, 4) is 0 Å². The first-order valence-electron chi connectivity index (χ1n) is 22.9. The Bertz CT molecular complexity index is 1920. The van der Waals surface area contributed by atoms with Crippen LogP contribution in [0.3, 0.4) is 0 Å². The Morgan fingerprint density at radius 1 is 0.721 bits per heavy atom. The zero-order valence-corrected chi connectivity index (χ0v) is 44.6. The van der Waals surface area contributed by atoms with E-state index in [4.69, 9.17) is 32.3 Å². The van der Waals surface area contributed by atoms with Crippen molar-refractivity contribution in [2.24, 2.45) is 16.2 Å². The molecular formula is C45H81BN2O18P2. The van der Waals surface area contributed by atoms with Gasteiger partial charge in [-0.25, -0.2) is 9.13 Å². The minimum absolute atomic E-state index is 0.0115. The Labute approximate surface area is 403 Å². The van der Waals surface area contributed by atoms with Gasteiger partial charge in [-0.15, -0.1) is 0 Å². The number of phosphoric acid groups is 2. The van der Waals surface area contributed by atoms with E-state index in [9.17, 15) is 53.7 Å². The molecule has 0 aromatic rings. The number of aliphatic hydroxyl groups excluding tert-OH is 4. The largest absolute Gasteiger partial charge is 0.483 e. The lowest BCUT2D eigenvalue weighted by Gasteiger charge is -2.49. The summed E-state index contributed by atoms with van der Waals surface area (Å²) in [6.45, 7) is 26.3. The van der Waals surface area contributed by atoms with E-state index in [0.717, 1.165) is 32.3 Å². The molecule has 2 heterocycles. The van der Waals surface area contributed by atoms with Gasteiger partial charge in [-0.2, -0.15) is 4.31 Å². The lowest BCUT2D eigenvalue weighted by molar-refractivity contribution is -0.331. The maximum atomic E-state index is 13.6. The smallest absolute Gasteiger partial charge is 0.394 e. The van der Waals surface area contributed by atoms with E-state index in [1.807, 2.05) is 13.0 Å². The first-order chi connectivity index (χ1) is 30.9. The molecular weight excluding hydrogens is 929 g/mol. The van der Waals surface area contributed by atoms with Crippen LogP contribution in [0.1, 0.15) is 130 Å². The molecule has 2 amide bonds. The fourth-order valence-electron chi connectivity index (χ4n) is 7.58. The van der Waals surface area contributed by atoms with Crippen LogP contribution < -0.4 is 10.6 Å². The number of rotatable bonds is 25. The van der Waals surface area contributed by atoms with Gasteiger partial charge in [0.2, 0.25) is 11.8 Å². The molecule has 2 rings (SSSR count). The fraction of sp³-hybridized carbons (Fsp3) is 0.800. The Morgan fingerprint density at radius 3 is 1.78 bits per heavy atom. The number of carbonyl (C=O) groups excluding carboxylic acids is 3. The number of carbonyl (C=O) groups is 3. The topological polar surface area (TPSA) is 295 Å². The van der Waals surface area contributed by atoms with Crippen molar-refractivity contribution in [1.82, 2.24) is 10.6 Å². The average Bonchev–Trinajstić information content (AvgIpc) is 3.18. The second-order valence-corrected chi connectivity index (χ2v) is 23.9. The number of amides is 2. The highest BCUT2D eigenvalue weighted by Gasteiger charge is 2.55. The zero-order valence-electron chi connectivity index (χ0n) is 42.8. The lowest BCUT2D eigenvalue weighted by Crippen LogP contribution is -2.70. The highest BCUT2D eigenvalue weighted by atomic mass is 31.3. The summed E-state index contributed by atoms with van der Waals surface area (Å²) in [6.07, 6.45) is -6.01. The van der Waals surface area contributed by atoms with Gasteiger partial charge in [0.05, 0.1) is 18.8 Å². The summed E-state index contributed by atoms with van der Waals surface area (Å²) in [7, 11) is -10.0. The SMILES string of the molecule is BC(=O)[C@@H](C)O[C@@H]1[C@@H](NC(C)=O)[C@@H](OP(=O)(O)OP(=O)(O)OC(C)(C)C/C=C(/C)CC(C)(C)C(C)(C)C/C=C(\C)C(C)(C)CC=C(C)C)O[C@H](CO)[C@H]1O[C@H]1O[C@H](CO)[C@@H](O)[C@H](O)[C@H]1NC(C)=O. The second kappa shape index (κ2) is 25.0. The quantitative estimate of drug-likeness (QED) is 0.0364. The van der Waals surface area contributed by atoms with E-state index >= 15 is 0 Å². The molecule has 0 radical (unpaired) electrons. The molecule has 0 spiro atoms. The highest BCUT2D eigenvalue weighted by molar-refractivity contribution is 7.61. The molecule has 0 aromatic heterocycles. The minimum atomic E-state index is -5.73. The third kappa shape index (κ3) is 18.5. The van der Waals surface area contributed by atoms with E-state index < -0.39 is 119 Å². The third-order valence-corrected chi connectivity index (χ3v) is 15.8. The molecule has 0 aromatic carbocycles. The van der Waals surface area contributed by atoms with Gasteiger partial charge in [0.15, 0.2) is 20.4 Å². The van der Waals surface area contributed by atoms with Crippen LogP contribution >= 0.6 is 15.6 Å². The van der Waals surface area contributed by atoms with E-state index in [1.54, 1.807) is 0 Å². The monoisotopic (exact) mass is 1010 g/mol. The first-order valence-corrected chi connectivity index (χ1v) is 25.9. The van der Waals surface area contributed by atoms with Crippen LogP contribution in [0.25, 0.3) is 0 Å². The molecule has 2 fully saturated rings. The number of phosphoric ester groups is 2. The molecule has 0 saturated carbocycles. The number of ether oxygens (including phenoxy) is 4. The Balaban J connectivity index is 2.36. The van der Waals surface area contributed by atoms with Crippen molar-refractivity contribution in [3.63, 3.8) is 0 Å². The van der Waals surface area contributed by atoms with Crippen LogP contribution in [0.4, 0.5) is 0 Å². The molecule has 20 nitrogen and oxygen atoms in total. The minimum Gasteiger partial charge on any atom is -0.394 e. The van der Waals surface area contributed by atoms with Gasteiger partial charge in [-0.3, -0.25) is 18.6 Å². The Hall–Kier alpha value is -2.17. The number of aliphatic hydroxyl groups is 4. The van der Waals surface area contributed by atoms with Crippen molar-refractivity contribution in [2.75, 3.05) is 13.2 Å². The molecule has 68 heavy (non-hydrogen) atoms. The van der Waals surface area contributed by atoms with Crippen LogP contribution in [0, 0.1) is 16.2 Å². The Kier molecular flexibility index (Phi) is 22.8. The molecule has 2 aliphatic rings. The van der Waals surface area contributed by atoms with Crippen molar-refractivity contribution in [2.45, 2.75) is 203 Å².